The molecule has 156 valence electrons. The van der Waals surface area contributed by atoms with Crippen molar-refractivity contribution in [3.63, 3.8) is 0 Å². The monoisotopic (exact) mass is 391 g/mol. The Labute approximate surface area is 167 Å². The molecular weight excluding hydrogens is 358 g/mol. The fraction of sp³-hybridized carbons (Fsp3) is 0.600. The number of likely N-dealkylation sites (N-methyl/N-ethyl adjacent to an activating group) is 1. The average molecular weight is 392 g/mol. The molecule has 0 aliphatic carbocycles. The Morgan fingerprint density at radius 1 is 1.25 bits per heavy atom. The van der Waals surface area contributed by atoms with Crippen molar-refractivity contribution in [2.45, 2.75) is 26.4 Å². The molecule has 1 aromatic rings. The third-order valence-corrected chi connectivity index (χ3v) is 4.45. The Hall–Kier alpha value is -2.64. The molecule has 8 nitrogen and oxygen atoms in total. The summed E-state index contributed by atoms with van der Waals surface area (Å²) in [5.41, 5.74) is 0.367. The molecule has 8 heteroatoms. The third kappa shape index (κ3) is 6.21. The number of nitrogens with zero attached hydrogens (tertiary/aromatic N) is 4. The van der Waals surface area contributed by atoms with E-state index in [-0.39, 0.29) is 6.09 Å². The number of carbonyl (C=O) groups is 1. The molecule has 28 heavy (non-hydrogen) atoms. The van der Waals surface area contributed by atoms with E-state index in [2.05, 4.69) is 20.1 Å². The Balaban J connectivity index is 1.79. The zero-order valence-electron chi connectivity index (χ0n) is 17.6. The lowest BCUT2D eigenvalue weighted by Gasteiger charge is -2.38. The van der Waals surface area contributed by atoms with E-state index in [1.54, 1.807) is 25.1 Å². The molecular formula is C20H33N5O3. The summed E-state index contributed by atoms with van der Waals surface area (Å²) in [5.74, 6) is 1.12. The van der Waals surface area contributed by atoms with Gasteiger partial charge in [0.15, 0.2) is 5.96 Å². The van der Waals surface area contributed by atoms with Gasteiger partial charge in [-0.25, -0.2) is 4.79 Å². The Kier molecular flexibility index (Phi) is 7.37. The van der Waals surface area contributed by atoms with Crippen molar-refractivity contribution >= 4 is 17.7 Å². The van der Waals surface area contributed by atoms with E-state index in [9.17, 15) is 9.90 Å². The van der Waals surface area contributed by atoms with E-state index < -0.39 is 5.60 Å². The van der Waals surface area contributed by atoms with E-state index in [1.165, 1.54) is 0 Å². The molecule has 2 rings (SSSR count). The summed E-state index contributed by atoms with van der Waals surface area (Å²) < 4.78 is 5.36. The number of phenolic OH excluding ortho intramolecular Hbond substituents is 1. The van der Waals surface area contributed by atoms with Gasteiger partial charge in [0.2, 0.25) is 0 Å². The van der Waals surface area contributed by atoms with Crippen molar-refractivity contribution < 1.29 is 14.6 Å². The molecule has 0 unspecified atom stereocenters. The summed E-state index contributed by atoms with van der Waals surface area (Å²) in [4.78, 5) is 22.3. The van der Waals surface area contributed by atoms with Crippen LogP contribution in [0.3, 0.4) is 0 Å². The minimum Gasteiger partial charge on any atom is -0.506 e. The van der Waals surface area contributed by atoms with Crippen LogP contribution in [-0.4, -0.2) is 85.9 Å². The zero-order valence-corrected chi connectivity index (χ0v) is 17.6. The number of hydrogen-bond donors (Lipinski definition) is 2. The first-order chi connectivity index (χ1) is 13.2. The summed E-state index contributed by atoms with van der Waals surface area (Å²) in [6.45, 7) is 9.88. The number of piperazine rings is 1. The van der Waals surface area contributed by atoms with Crippen molar-refractivity contribution in [1.82, 2.24) is 15.1 Å². The molecule has 1 heterocycles. The maximum Gasteiger partial charge on any atom is 0.410 e. The highest BCUT2D eigenvalue weighted by Gasteiger charge is 2.22. The van der Waals surface area contributed by atoms with Crippen LogP contribution in [0.4, 0.5) is 10.5 Å². The first-order valence-corrected chi connectivity index (χ1v) is 9.64. The maximum absolute atomic E-state index is 12.0. The number of carbonyl (C=O) groups excluding carboxylic acids is 1. The number of amides is 1. The van der Waals surface area contributed by atoms with Gasteiger partial charge in [-0.05, 0) is 32.9 Å². The van der Waals surface area contributed by atoms with Crippen LogP contribution in [-0.2, 0) is 4.74 Å². The number of benzene rings is 1. The van der Waals surface area contributed by atoms with Gasteiger partial charge in [0.1, 0.15) is 11.4 Å². The third-order valence-electron chi connectivity index (χ3n) is 4.45. The second-order valence-corrected chi connectivity index (χ2v) is 7.84. The molecule has 0 bridgehead atoms. The summed E-state index contributed by atoms with van der Waals surface area (Å²) in [5, 5.41) is 13.3. The molecule has 1 saturated heterocycles. The number of rotatable bonds is 4. The van der Waals surface area contributed by atoms with Gasteiger partial charge in [0.25, 0.3) is 0 Å². The number of ether oxygens (including phenoxy) is 1. The van der Waals surface area contributed by atoms with Crippen molar-refractivity contribution in [2.24, 2.45) is 4.99 Å². The van der Waals surface area contributed by atoms with Crippen LogP contribution >= 0.6 is 0 Å². The van der Waals surface area contributed by atoms with Crippen LogP contribution in [0.25, 0.3) is 0 Å². The fourth-order valence-electron chi connectivity index (χ4n) is 2.99. The van der Waals surface area contributed by atoms with Gasteiger partial charge in [0.05, 0.1) is 5.69 Å². The van der Waals surface area contributed by atoms with Crippen molar-refractivity contribution in [2.75, 3.05) is 58.3 Å². The van der Waals surface area contributed by atoms with E-state index in [1.807, 2.05) is 39.0 Å². The largest absolute Gasteiger partial charge is 0.506 e. The van der Waals surface area contributed by atoms with Crippen LogP contribution in [0.15, 0.2) is 29.3 Å². The Morgan fingerprint density at radius 3 is 2.46 bits per heavy atom. The van der Waals surface area contributed by atoms with Gasteiger partial charge in [-0.3, -0.25) is 4.99 Å². The van der Waals surface area contributed by atoms with Crippen LogP contribution in [0.1, 0.15) is 20.8 Å². The van der Waals surface area contributed by atoms with Crippen LogP contribution in [0, 0.1) is 0 Å². The molecule has 0 atom stereocenters. The van der Waals surface area contributed by atoms with Crippen molar-refractivity contribution in [1.29, 1.82) is 0 Å². The molecule has 2 N–H and O–H groups in total. The van der Waals surface area contributed by atoms with Gasteiger partial charge in [-0.1, -0.05) is 12.1 Å². The molecule has 1 aromatic carbocycles. The lowest BCUT2D eigenvalue weighted by molar-refractivity contribution is 0.0302. The standard InChI is InChI=1S/C20H33N5O3/c1-20(2,3)28-19(27)23(5)11-10-22-18(21-4)25-14-12-24(13-15-25)16-8-6-7-9-17(16)26/h6-9,26H,10-15H2,1-5H3,(H,21,22). The first kappa shape index (κ1) is 21.7. The number of hydrogen-bond acceptors (Lipinski definition) is 5. The van der Waals surface area contributed by atoms with E-state index in [0.29, 0.717) is 18.8 Å². The lowest BCUT2D eigenvalue weighted by atomic mass is 10.2. The topological polar surface area (TPSA) is 80.6 Å². The molecule has 1 aliphatic rings. The second-order valence-electron chi connectivity index (χ2n) is 7.84. The normalized spacial score (nSPS) is 15.4. The van der Waals surface area contributed by atoms with Crippen LogP contribution in [0.5, 0.6) is 5.75 Å². The Morgan fingerprint density at radius 2 is 1.89 bits per heavy atom. The van der Waals surface area contributed by atoms with Gasteiger partial charge in [0, 0.05) is 53.4 Å². The number of aliphatic imine (C=N–C) groups is 1. The second kappa shape index (κ2) is 9.52. The number of anilines is 1. The molecule has 0 aromatic heterocycles. The summed E-state index contributed by atoms with van der Waals surface area (Å²) in [6.07, 6.45) is -0.333. The van der Waals surface area contributed by atoms with Gasteiger partial charge < -0.3 is 29.9 Å². The quantitative estimate of drug-likeness (QED) is 0.603. The first-order valence-electron chi connectivity index (χ1n) is 9.64. The lowest BCUT2D eigenvalue weighted by Crippen LogP contribution is -2.53. The minimum absolute atomic E-state index is 0.309. The zero-order chi connectivity index (χ0) is 20.7. The van der Waals surface area contributed by atoms with Gasteiger partial charge >= 0.3 is 6.09 Å². The highest BCUT2D eigenvalue weighted by molar-refractivity contribution is 5.80. The molecule has 1 aliphatic heterocycles. The summed E-state index contributed by atoms with van der Waals surface area (Å²) >= 11 is 0. The maximum atomic E-state index is 12.0. The molecule has 1 fully saturated rings. The van der Waals surface area contributed by atoms with Crippen LogP contribution < -0.4 is 10.2 Å². The van der Waals surface area contributed by atoms with Gasteiger partial charge in [-0.2, -0.15) is 0 Å². The molecule has 0 radical (unpaired) electrons. The van der Waals surface area contributed by atoms with E-state index >= 15 is 0 Å². The minimum atomic E-state index is -0.498. The predicted octanol–water partition coefficient (Wildman–Crippen LogP) is 1.96. The predicted molar refractivity (Wildman–Crippen MR) is 112 cm³/mol. The number of aromatic hydroxyl groups is 1. The highest BCUT2D eigenvalue weighted by atomic mass is 16.6. The molecule has 0 saturated carbocycles. The summed E-state index contributed by atoms with van der Waals surface area (Å²) in [7, 11) is 3.49. The number of guanidine groups is 1. The number of para-hydroxylation sites is 2. The molecule has 0 spiro atoms. The van der Waals surface area contributed by atoms with Crippen molar-refractivity contribution in [3.8, 4) is 5.75 Å². The number of phenols is 1. The summed E-state index contributed by atoms with van der Waals surface area (Å²) in [6, 6.07) is 7.41. The van der Waals surface area contributed by atoms with Crippen LogP contribution in [0.2, 0.25) is 0 Å². The van der Waals surface area contributed by atoms with Gasteiger partial charge in [-0.15, -0.1) is 0 Å². The highest BCUT2D eigenvalue weighted by Crippen LogP contribution is 2.27. The molecule has 1 amide bonds. The van der Waals surface area contributed by atoms with Crippen molar-refractivity contribution in [3.05, 3.63) is 24.3 Å². The Bertz CT molecular complexity index is 679. The fourth-order valence-corrected chi connectivity index (χ4v) is 2.99. The smallest absolute Gasteiger partial charge is 0.410 e. The van der Waals surface area contributed by atoms with E-state index in [4.69, 9.17) is 4.74 Å². The van der Waals surface area contributed by atoms with E-state index in [0.717, 1.165) is 37.8 Å². The SMILES string of the molecule is CN=C(NCCN(C)C(=O)OC(C)(C)C)N1CCN(c2ccccc2O)CC1. The average Bonchev–Trinajstić information content (AvgIpc) is 2.64. The number of nitrogens with one attached hydrogen (secondary N) is 1.